The lowest BCUT2D eigenvalue weighted by molar-refractivity contribution is 0.354. The number of nitrogens with one attached hydrogen (secondary N) is 1. The van der Waals surface area contributed by atoms with Gasteiger partial charge in [-0.2, -0.15) is 0 Å². The van der Waals surface area contributed by atoms with Crippen LogP contribution in [0.4, 0.5) is 5.69 Å². The molecule has 38 heavy (non-hydrogen) atoms. The molecule has 0 aromatic heterocycles. The van der Waals surface area contributed by atoms with Crippen molar-refractivity contribution in [2.24, 2.45) is 5.92 Å². The predicted molar refractivity (Wildman–Crippen MR) is 157 cm³/mol. The van der Waals surface area contributed by atoms with Crippen molar-refractivity contribution in [2.45, 2.75) is 58.9 Å². The van der Waals surface area contributed by atoms with E-state index in [2.05, 4.69) is 73.5 Å². The van der Waals surface area contributed by atoms with Crippen molar-refractivity contribution >= 4 is 5.69 Å². The Morgan fingerprint density at radius 1 is 0.947 bits per heavy atom. The van der Waals surface area contributed by atoms with Crippen LogP contribution in [0.2, 0.25) is 0 Å². The third-order valence-electron chi connectivity index (χ3n) is 7.65. The number of phenolic OH excluding ortho intramolecular Hbond substituents is 1. The number of phenols is 1. The van der Waals surface area contributed by atoms with Crippen molar-refractivity contribution in [1.29, 1.82) is 0 Å². The Hall–Kier alpha value is -3.18. The second-order valence-corrected chi connectivity index (χ2v) is 10.8. The maximum atomic E-state index is 9.94. The van der Waals surface area contributed by atoms with Gasteiger partial charge in [-0.25, -0.2) is 0 Å². The summed E-state index contributed by atoms with van der Waals surface area (Å²) in [5.41, 5.74) is 7.76. The number of aromatic hydroxyl groups is 1. The van der Waals surface area contributed by atoms with Crippen LogP contribution in [0.25, 0.3) is 0 Å². The summed E-state index contributed by atoms with van der Waals surface area (Å²) in [6.45, 7) is 10.5. The van der Waals surface area contributed by atoms with Gasteiger partial charge in [-0.05, 0) is 104 Å². The van der Waals surface area contributed by atoms with Crippen molar-refractivity contribution in [1.82, 2.24) is 5.32 Å². The minimum atomic E-state index is 0.351. The van der Waals surface area contributed by atoms with E-state index in [1.54, 1.807) is 20.3 Å². The van der Waals surface area contributed by atoms with E-state index in [1.807, 2.05) is 6.07 Å². The summed E-state index contributed by atoms with van der Waals surface area (Å²) >= 11 is 0. The van der Waals surface area contributed by atoms with E-state index >= 15 is 0 Å². The lowest BCUT2D eigenvalue weighted by Crippen LogP contribution is -2.25. The number of hydrogen-bond acceptors (Lipinski definition) is 5. The molecule has 0 saturated heterocycles. The molecule has 1 aliphatic rings. The second-order valence-electron chi connectivity index (χ2n) is 10.8. The molecule has 5 heteroatoms. The summed E-state index contributed by atoms with van der Waals surface area (Å²) in [5, 5.41) is 13.5. The molecule has 3 aromatic rings. The van der Waals surface area contributed by atoms with Crippen LogP contribution in [0.3, 0.4) is 0 Å². The molecule has 3 aromatic carbocycles. The van der Waals surface area contributed by atoms with Crippen LogP contribution >= 0.6 is 0 Å². The quantitative estimate of drug-likeness (QED) is 0.269. The Morgan fingerprint density at radius 3 is 2.34 bits per heavy atom. The third kappa shape index (κ3) is 6.82. The van der Waals surface area contributed by atoms with Crippen LogP contribution in [-0.2, 0) is 25.8 Å². The molecule has 0 aliphatic heterocycles. The van der Waals surface area contributed by atoms with Gasteiger partial charge >= 0.3 is 0 Å². The molecule has 2 N–H and O–H groups in total. The summed E-state index contributed by atoms with van der Waals surface area (Å²) < 4.78 is 11.4. The van der Waals surface area contributed by atoms with Gasteiger partial charge in [0.2, 0.25) is 0 Å². The lowest BCUT2D eigenvalue weighted by Gasteiger charge is -2.32. The van der Waals surface area contributed by atoms with Crippen LogP contribution in [0.15, 0.2) is 54.6 Å². The first kappa shape index (κ1) is 27.8. The van der Waals surface area contributed by atoms with Gasteiger partial charge in [-0.3, -0.25) is 0 Å². The first-order chi connectivity index (χ1) is 18.4. The smallest absolute Gasteiger partial charge is 0.162 e. The highest BCUT2D eigenvalue weighted by molar-refractivity contribution is 5.64. The number of rotatable bonds is 12. The average molecular weight is 517 g/mol. The van der Waals surface area contributed by atoms with Crippen LogP contribution < -0.4 is 19.7 Å². The van der Waals surface area contributed by atoms with Gasteiger partial charge in [0.15, 0.2) is 11.5 Å². The van der Waals surface area contributed by atoms with Gasteiger partial charge in [-0.15, -0.1) is 0 Å². The normalized spacial score (nSPS) is 14.8. The Labute approximate surface area is 228 Å². The second kappa shape index (κ2) is 13.1. The minimum absolute atomic E-state index is 0.351. The van der Waals surface area contributed by atoms with Crippen LogP contribution in [0.5, 0.6) is 17.2 Å². The topological polar surface area (TPSA) is 54.0 Å². The van der Waals surface area contributed by atoms with Gasteiger partial charge in [-0.1, -0.05) is 44.2 Å². The number of hydrogen-bond donors (Lipinski definition) is 2. The molecular weight excluding hydrogens is 472 g/mol. The first-order valence-corrected chi connectivity index (χ1v) is 14.0. The number of anilines is 1. The molecule has 0 bridgehead atoms. The highest BCUT2D eigenvalue weighted by Gasteiger charge is 2.26. The summed E-state index contributed by atoms with van der Waals surface area (Å²) in [6.07, 6.45) is 4.00. The Morgan fingerprint density at radius 2 is 1.66 bits per heavy atom. The molecule has 4 rings (SSSR count). The van der Waals surface area contributed by atoms with Crippen molar-refractivity contribution in [3.63, 3.8) is 0 Å². The molecule has 5 nitrogen and oxygen atoms in total. The first-order valence-electron chi connectivity index (χ1n) is 14.0. The van der Waals surface area contributed by atoms with E-state index in [1.165, 1.54) is 33.5 Å². The van der Waals surface area contributed by atoms with Crippen molar-refractivity contribution < 1.29 is 14.6 Å². The number of ether oxygens (including phenoxy) is 2. The van der Waals surface area contributed by atoms with Gasteiger partial charge in [0, 0.05) is 24.8 Å². The van der Waals surface area contributed by atoms with Crippen LogP contribution in [0.1, 0.15) is 60.9 Å². The molecular formula is C33H44N2O3. The number of aryl methyl sites for hydroxylation is 1. The Kier molecular flexibility index (Phi) is 9.57. The van der Waals surface area contributed by atoms with E-state index in [0.717, 1.165) is 63.4 Å². The number of benzene rings is 3. The van der Waals surface area contributed by atoms with Crippen molar-refractivity contribution in [3.05, 3.63) is 82.4 Å². The lowest BCUT2D eigenvalue weighted by atomic mass is 9.79. The van der Waals surface area contributed by atoms with Gasteiger partial charge in [0.1, 0.15) is 5.75 Å². The number of methoxy groups -OCH3 is 2. The fourth-order valence-electron chi connectivity index (χ4n) is 5.51. The minimum Gasteiger partial charge on any atom is -0.508 e. The molecule has 0 unspecified atom stereocenters. The molecule has 0 spiro atoms. The van der Waals surface area contributed by atoms with Gasteiger partial charge < -0.3 is 24.8 Å². The third-order valence-corrected chi connectivity index (χ3v) is 7.65. The van der Waals surface area contributed by atoms with Crippen molar-refractivity contribution in [2.75, 3.05) is 38.8 Å². The molecule has 204 valence electrons. The summed E-state index contributed by atoms with van der Waals surface area (Å²) in [4.78, 5) is 2.45. The van der Waals surface area contributed by atoms with Gasteiger partial charge in [0.25, 0.3) is 0 Å². The van der Waals surface area contributed by atoms with E-state index in [9.17, 15) is 5.11 Å². The highest BCUT2D eigenvalue weighted by atomic mass is 16.5. The van der Waals surface area contributed by atoms with E-state index < -0.39 is 0 Å². The molecule has 0 amide bonds. The van der Waals surface area contributed by atoms with Crippen molar-refractivity contribution in [3.8, 4) is 17.2 Å². The fraction of sp³-hybridized carbons (Fsp3) is 0.455. The van der Waals surface area contributed by atoms with Gasteiger partial charge in [0.05, 0.1) is 14.2 Å². The molecule has 1 aliphatic carbocycles. The standard InChI is InChI=1S/C33H44N2O3/c1-6-35(22-25-9-7-24(8-10-25)15-16-34-21-23(2)3)31-20-33(38-5)32(37-4)19-30(31)28-12-11-27-18-29(36)14-13-26(27)17-28/h7-10,13-14,18-20,23,28,34,36H,6,11-12,15-17,21-22H2,1-5H3/t28-/m1/s1. The predicted octanol–water partition coefficient (Wildman–Crippen LogP) is 6.50. The molecule has 0 fully saturated rings. The Balaban J connectivity index is 1.56. The van der Waals surface area contributed by atoms with Crippen LogP contribution in [0, 0.1) is 5.92 Å². The number of nitrogens with zero attached hydrogens (tertiary/aromatic N) is 1. The van der Waals surface area contributed by atoms with Crippen LogP contribution in [-0.4, -0.2) is 39.0 Å². The zero-order chi connectivity index (χ0) is 27.1. The molecule has 0 saturated carbocycles. The molecule has 1 atom stereocenters. The highest BCUT2D eigenvalue weighted by Crippen LogP contribution is 2.43. The molecule has 0 radical (unpaired) electrons. The zero-order valence-corrected chi connectivity index (χ0v) is 23.7. The zero-order valence-electron chi connectivity index (χ0n) is 23.7. The Bertz CT molecular complexity index is 1190. The summed E-state index contributed by atoms with van der Waals surface area (Å²) in [7, 11) is 3.41. The largest absolute Gasteiger partial charge is 0.508 e. The summed E-state index contributed by atoms with van der Waals surface area (Å²) in [5.74, 6) is 2.93. The molecule has 0 heterocycles. The number of fused-ring (bicyclic) bond motifs is 1. The maximum Gasteiger partial charge on any atom is 0.162 e. The maximum absolute atomic E-state index is 9.94. The average Bonchev–Trinajstić information content (AvgIpc) is 2.93. The monoisotopic (exact) mass is 516 g/mol. The van der Waals surface area contributed by atoms with E-state index in [-0.39, 0.29) is 0 Å². The van der Waals surface area contributed by atoms with E-state index in [4.69, 9.17) is 9.47 Å². The SMILES string of the molecule is CCN(Cc1ccc(CCNCC(C)C)cc1)c1cc(OC)c(OC)cc1[C@@H]1CCc2cc(O)ccc2C1. The summed E-state index contributed by atoms with van der Waals surface area (Å²) in [6, 6.07) is 19.2. The van der Waals surface area contributed by atoms with E-state index in [0.29, 0.717) is 17.6 Å². The fourth-order valence-corrected chi connectivity index (χ4v) is 5.51.